The molecule has 1 aromatic carbocycles. The Bertz CT molecular complexity index is 629. The summed E-state index contributed by atoms with van der Waals surface area (Å²) in [4.78, 5) is 11.0. The van der Waals surface area contributed by atoms with E-state index in [9.17, 15) is 0 Å². The SMILES string of the molecule is CCCNc1ncnc(N2CCc3ccccc32)c1OC. The predicted molar refractivity (Wildman–Crippen MR) is 84.5 cm³/mol. The average Bonchev–Trinajstić information content (AvgIpc) is 2.96. The van der Waals surface area contributed by atoms with E-state index in [1.54, 1.807) is 13.4 Å². The highest BCUT2D eigenvalue weighted by molar-refractivity contribution is 5.75. The second-order valence-corrected chi connectivity index (χ2v) is 5.04. The summed E-state index contributed by atoms with van der Waals surface area (Å²) in [5.41, 5.74) is 2.55. The number of benzene rings is 1. The van der Waals surface area contributed by atoms with Gasteiger partial charge in [0.2, 0.25) is 5.75 Å². The zero-order chi connectivity index (χ0) is 14.7. The molecule has 0 unspecified atom stereocenters. The van der Waals surface area contributed by atoms with Gasteiger partial charge in [0.25, 0.3) is 0 Å². The largest absolute Gasteiger partial charge is 0.490 e. The van der Waals surface area contributed by atoms with Gasteiger partial charge >= 0.3 is 0 Å². The second-order valence-electron chi connectivity index (χ2n) is 5.04. The van der Waals surface area contributed by atoms with Crippen LogP contribution in [0, 0.1) is 0 Å². The van der Waals surface area contributed by atoms with Crippen LogP contribution in [0.2, 0.25) is 0 Å². The van der Waals surface area contributed by atoms with Crippen LogP contribution in [-0.2, 0) is 6.42 Å². The lowest BCUT2D eigenvalue weighted by molar-refractivity contribution is 0.413. The predicted octanol–water partition coefficient (Wildman–Crippen LogP) is 3.00. The van der Waals surface area contributed by atoms with Gasteiger partial charge < -0.3 is 15.0 Å². The number of rotatable bonds is 5. The molecule has 0 bridgehead atoms. The summed E-state index contributed by atoms with van der Waals surface area (Å²) < 4.78 is 5.57. The molecule has 110 valence electrons. The number of ether oxygens (including phenoxy) is 1. The Labute approximate surface area is 125 Å². The first-order valence-electron chi connectivity index (χ1n) is 7.33. The zero-order valence-corrected chi connectivity index (χ0v) is 12.5. The van der Waals surface area contributed by atoms with E-state index >= 15 is 0 Å². The van der Waals surface area contributed by atoms with Crippen molar-refractivity contribution in [2.45, 2.75) is 19.8 Å². The zero-order valence-electron chi connectivity index (χ0n) is 12.5. The van der Waals surface area contributed by atoms with Gasteiger partial charge in [-0.25, -0.2) is 9.97 Å². The van der Waals surface area contributed by atoms with Crippen molar-refractivity contribution in [3.63, 3.8) is 0 Å². The Morgan fingerprint density at radius 1 is 1.29 bits per heavy atom. The smallest absolute Gasteiger partial charge is 0.204 e. The van der Waals surface area contributed by atoms with Crippen LogP contribution in [0.1, 0.15) is 18.9 Å². The summed E-state index contributed by atoms with van der Waals surface area (Å²) in [5.74, 6) is 2.30. The summed E-state index contributed by atoms with van der Waals surface area (Å²) in [6.45, 7) is 3.90. The van der Waals surface area contributed by atoms with Crippen LogP contribution in [0.25, 0.3) is 0 Å². The Morgan fingerprint density at radius 3 is 2.95 bits per heavy atom. The molecule has 0 spiro atoms. The standard InChI is InChI=1S/C16H20N4O/c1-3-9-17-15-14(21-2)16(19-11-18-15)20-10-8-12-6-4-5-7-13(12)20/h4-7,11H,3,8-10H2,1-2H3,(H,17,18,19). The lowest BCUT2D eigenvalue weighted by Gasteiger charge is -2.21. The van der Waals surface area contributed by atoms with Crippen molar-refractivity contribution < 1.29 is 4.74 Å². The highest BCUT2D eigenvalue weighted by atomic mass is 16.5. The van der Waals surface area contributed by atoms with Crippen molar-refractivity contribution in [1.82, 2.24) is 9.97 Å². The Kier molecular flexibility index (Phi) is 3.90. The molecular formula is C16H20N4O. The molecule has 1 aliphatic rings. The maximum Gasteiger partial charge on any atom is 0.204 e. The summed E-state index contributed by atoms with van der Waals surface area (Å²) >= 11 is 0. The highest BCUT2D eigenvalue weighted by Gasteiger charge is 2.25. The lowest BCUT2D eigenvalue weighted by atomic mass is 10.2. The topological polar surface area (TPSA) is 50.3 Å². The Morgan fingerprint density at radius 2 is 2.14 bits per heavy atom. The van der Waals surface area contributed by atoms with E-state index in [1.807, 2.05) is 0 Å². The maximum absolute atomic E-state index is 5.57. The van der Waals surface area contributed by atoms with Gasteiger partial charge in [0.05, 0.1) is 7.11 Å². The summed E-state index contributed by atoms with van der Waals surface area (Å²) in [6.07, 6.45) is 3.66. The minimum absolute atomic E-state index is 0.711. The number of para-hydroxylation sites is 1. The molecule has 3 rings (SSSR count). The second kappa shape index (κ2) is 5.99. The molecule has 1 N–H and O–H groups in total. The summed E-state index contributed by atoms with van der Waals surface area (Å²) in [7, 11) is 1.67. The molecule has 5 heteroatoms. The number of nitrogens with one attached hydrogen (secondary N) is 1. The minimum Gasteiger partial charge on any atom is -0.490 e. The number of anilines is 3. The van der Waals surface area contributed by atoms with Crippen LogP contribution < -0.4 is 15.0 Å². The van der Waals surface area contributed by atoms with Crippen molar-refractivity contribution in [2.75, 3.05) is 30.4 Å². The van der Waals surface area contributed by atoms with Gasteiger partial charge in [0.1, 0.15) is 6.33 Å². The van der Waals surface area contributed by atoms with Gasteiger partial charge in [-0.3, -0.25) is 0 Å². The fraction of sp³-hybridized carbons (Fsp3) is 0.375. The van der Waals surface area contributed by atoms with Gasteiger partial charge in [-0.15, -0.1) is 0 Å². The number of fused-ring (bicyclic) bond motifs is 1. The number of hydrogen-bond donors (Lipinski definition) is 1. The van der Waals surface area contributed by atoms with E-state index in [0.29, 0.717) is 5.75 Å². The van der Waals surface area contributed by atoms with Crippen LogP contribution in [0.3, 0.4) is 0 Å². The lowest BCUT2D eigenvalue weighted by Crippen LogP contribution is -2.17. The van der Waals surface area contributed by atoms with E-state index in [2.05, 4.69) is 51.4 Å². The molecule has 5 nitrogen and oxygen atoms in total. The first-order chi connectivity index (χ1) is 10.3. The van der Waals surface area contributed by atoms with E-state index in [-0.39, 0.29) is 0 Å². The quantitative estimate of drug-likeness (QED) is 0.914. The van der Waals surface area contributed by atoms with Crippen LogP contribution >= 0.6 is 0 Å². The van der Waals surface area contributed by atoms with Crippen LogP contribution in [0.4, 0.5) is 17.3 Å². The van der Waals surface area contributed by atoms with Gasteiger partial charge in [0.15, 0.2) is 11.6 Å². The molecule has 0 radical (unpaired) electrons. The molecule has 0 atom stereocenters. The van der Waals surface area contributed by atoms with Crippen molar-refractivity contribution >= 4 is 17.3 Å². The van der Waals surface area contributed by atoms with Gasteiger partial charge in [-0.2, -0.15) is 0 Å². The van der Waals surface area contributed by atoms with Crippen LogP contribution in [-0.4, -0.2) is 30.2 Å². The molecule has 0 aliphatic carbocycles. The van der Waals surface area contributed by atoms with Gasteiger partial charge in [-0.1, -0.05) is 25.1 Å². The third kappa shape index (κ3) is 2.51. The van der Waals surface area contributed by atoms with Crippen LogP contribution in [0.15, 0.2) is 30.6 Å². The molecule has 1 aliphatic heterocycles. The maximum atomic E-state index is 5.57. The molecular weight excluding hydrogens is 264 g/mol. The Balaban J connectivity index is 1.99. The van der Waals surface area contributed by atoms with Crippen molar-refractivity contribution in [2.24, 2.45) is 0 Å². The third-order valence-electron chi connectivity index (χ3n) is 3.67. The first kappa shape index (κ1) is 13.7. The number of nitrogens with zero attached hydrogens (tertiary/aromatic N) is 3. The summed E-state index contributed by atoms with van der Waals surface area (Å²) in [5, 5.41) is 3.30. The van der Waals surface area contributed by atoms with Crippen molar-refractivity contribution in [3.05, 3.63) is 36.2 Å². The molecule has 2 aromatic rings. The van der Waals surface area contributed by atoms with E-state index in [4.69, 9.17) is 4.74 Å². The molecule has 0 amide bonds. The van der Waals surface area contributed by atoms with Crippen LogP contribution in [0.5, 0.6) is 5.75 Å². The highest BCUT2D eigenvalue weighted by Crippen LogP contribution is 2.40. The minimum atomic E-state index is 0.711. The molecule has 2 heterocycles. The molecule has 0 saturated heterocycles. The van der Waals surface area contributed by atoms with Crippen molar-refractivity contribution in [3.8, 4) is 5.75 Å². The monoisotopic (exact) mass is 284 g/mol. The molecule has 1 aromatic heterocycles. The van der Waals surface area contributed by atoms with E-state index in [0.717, 1.165) is 37.6 Å². The first-order valence-corrected chi connectivity index (χ1v) is 7.33. The summed E-state index contributed by atoms with van der Waals surface area (Å²) in [6, 6.07) is 8.43. The molecule has 0 fully saturated rings. The number of methoxy groups -OCH3 is 1. The Hall–Kier alpha value is -2.30. The fourth-order valence-electron chi connectivity index (χ4n) is 2.67. The number of hydrogen-bond acceptors (Lipinski definition) is 5. The fourth-order valence-corrected chi connectivity index (χ4v) is 2.67. The van der Waals surface area contributed by atoms with E-state index < -0.39 is 0 Å². The molecule has 0 saturated carbocycles. The average molecular weight is 284 g/mol. The van der Waals surface area contributed by atoms with Crippen molar-refractivity contribution in [1.29, 1.82) is 0 Å². The molecule has 21 heavy (non-hydrogen) atoms. The van der Waals surface area contributed by atoms with Gasteiger partial charge in [-0.05, 0) is 24.5 Å². The van der Waals surface area contributed by atoms with Gasteiger partial charge in [0, 0.05) is 18.8 Å². The number of aromatic nitrogens is 2. The van der Waals surface area contributed by atoms with E-state index in [1.165, 1.54) is 11.3 Å². The normalized spacial score (nSPS) is 13.1. The third-order valence-corrected chi connectivity index (χ3v) is 3.67.